The second-order valence-electron chi connectivity index (χ2n) is 3.71. The predicted octanol–water partition coefficient (Wildman–Crippen LogP) is 2.55. The number of benzene rings is 1. The van der Waals surface area contributed by atoms with Crippen molar-refractivity contribution in [3.8, 4) is 5.75 Å². The third-order valence-electron chi connectivity index (χ3n) is 2.34. The van der Waals surface area contributed by atoms with Crippen molar-refractivity contribution in [2.75, 3.05) is 20.2 Å². The molecule has 0 aliphatic carbocycles. The van der Waals surface area contributed by atoms with E-state index >= 15 is 0 Å². The van der Waals surface area contributed by atoms with E-state index in [0.717, 1.165) is 23.8 Å². The number of rotatable bonds is 6. The van der Waals surface area contributed by atoms with Gasteiger partial charge in [0, 0.05) is 13.1 Å². The van der Waals surface area contributed by atoms with Gasteiger partial charge in [0.1, 0.15) is 5.75 Å². The summed E-state index contributed by atoms with van der Waals surface area (Å²) < 4.78 is 5.11. The zero-order valence-corrected chi connectivity index (χ0v) is 13.8. The first-order chi connectivity index (χ1) is 8.80. The van der Waals surface area contributed by atoms with E-state index < -0.39 is 0 Å². The summed E-state index contributed by atoms with van der Waals surface area (Å²) in [6.45, 7) is 7.89. The van der Waals surface area contributed by atoms with Crippen molar-refractivity contribution < 1.29 is 4.74 Å². The quantitative estimate of drug-likeness (QED) is 0.348. The lowest BCUT2D eigenvalue weighted by Crippen LogP contribution is -2.37. The Morgan fingerprint density at radius 1 is 1.32 bits per heavy atom. The maximum Gasteiger partial charge on any atom is 0.191 e. The molecule has 1 aromatic rings. The van der Waals surface area contributed by atoms with Crippen LogP contribution < -0.4 is 15.4 Å². The summed E-state index contributed by atoms with van der Waals surface area (Å²) in [5.41, 5.74) is 1.15. The number of halogens is 1. The normalized spacial score (nSPS) is 10.3. The number of ether oxygens (including phenoxy) is 1. The minimum absolute atomic E-state index is 0. The van der Waals surface area contributed by atoms with Crippen molar-refractivity contribution in [1.29, 1.82) is 0 Å². The Morgan fingerprint density at radius 2 is 2.00 bits per heavy atom. The van der Waals surface area contributed by atoms with Crippen LogP contribution in [0.2, 0.25) is 0 Å². The molecule has 4 nitrogen and oxygen atoms in total. The third-order valence-corrected chi connectivity index (χ3v) is 2.34. The van der Waals surface area contributed by atoms with E-state index in [-0.39, 0.29) is 24.0 Å². The fraction of sp³-hybridized carbons (Fsp3) is 0.357. The van der Waals surface area contributed by atoms with Crippen LogP contribution in [0.1, 0.15) is 12.5 Å². The van der Waals surface area contributed by atoms with E-state index in [1.807, 2.05) is 31.2 Å². The topological polar surface area (TPSA) is 45.7 Å². The Bertz CT molecular complexity index is 390. The van der Waals surface area contributed by atoms with E-state index in [9.17, 15) is 0 Å². The van der Waals surface area contributed by atoms with Gasteiger partial charge >= 0.3 is 0 Å². The van der Waals surface area contributed by atoms with Crippen LogP contribution in [-0.2, 0) is 6.54 Å². The maximum absolute atomic E-state index is 5.11. The number of hydrogen-bond donors (Lipinski definition) is 2. The van der Waals surface area contributed by atoms with Gasteiger partial charge in [0.15, 0.2) is 5.96 Å². The highest BCUT2D eigenvalue weighted by molar-refractivity contribution is 14.0. The van der Waals surface area contributed by atoms with E-state index in [4.69, 9.17) is 4.74 Å². The lowest BCUT2D eigenvalue weighted by molar-refractivity contribution is 0.414. The van der Waals surface area contributed by atoms with Gasteiger partial charge in [-0.3, -0.25) is 0 Å². The molecule has 0 heterocycles. The Labute approximate surface area is 132 Å². The second kappa shape index (κ2) is 10.7. The SMILES string of the molecule is C=CCNC(=NCc1ccc(OC)cc1)NCC.I. The highest BCUT2D eigenvalue weighted by Crippen LogP contribution is 2.11. The van der Waals surface area contributed by atoms with Crippen LogP contribution in [0.4, 0.5) is 0 Å². The van der Waals surface area contributed by atoms with Crippen LogP contribution in [0.5, 0.6) is 5.75 Å². The first kappa shape index (κ1) is 17.8. The van der Waals surface area contributed by atoms with Gasteiger partial charge in [0.25, 0.3) is 0 Å². The molecule has 0 aliphatic rings. The summed E-state index contributed by atoms with van der Waals surface area (Å²) in [7, 11) is 1.66. The van der Waals surface area contributed by atoms with E-state index in [1.165, 1.54) is 0 Å². The first-order valence-corrected chi connectivity index (χ1v) is 6.06. The van der Waals surface area contributed by atoms with Crippen LogP contribution >= 0.6 is 24.0 Å². The molecule has 0 amide bonds. The number of guanidine groups is 1. The highest BCUT2D eigenvalue weighted by atomic mass is 127. The third kappa shape index (κ3) is 7.05. The van der Waals surface area contributed by atoms with Crippen molar-refractivity contribution in [2.24, 2.45) is 4.99 Å². The molecule has 0 spiro atoms. The Hall–Kier alpha value is -1.24. The molecule has 0 saturated carbocycles. The minimum Gasteiger partial charge on any atom is -0.497 e. The van der Waals surface area contributed by atoms with Crippen molar-refractivity contribution in [1.82, 2.24) is 10.6 Å². The van der Waals surface area contributed by atoms with E-state index in [0.29, 0.717) is 13.1 Å². The fourth-order valence-electron chi connectivity index (χ4n) is 1.41. The lowest BCUT2D eigenvalue weighted by atomic mass is 10.2. The fourth-order valence-corrected chi connectivity index (χ4v) is 1.41. The molecule has 0 atom stereocenters. The molecule has 0 fully saturated rings. The van der Waals surface area contributed by atoms with Gasteiger partial charge in [-0.25, -0.2) is 4.99 Å². The van der Waals surface area contributed by atoms with Gasteiger partial charge in [-0.05, 0) is 24.6 Å². The van der Waals surface area contributed by atoms with Gasteiger partial charge in [-0.2, -0.15) is 0 Å². The molecular weight excluding hydrogens is 353 g/mol. The number of nitrogens with one attached hydrogen (secondary N) is 2. The summed E-state index contributed by atoms with van der Waals surface area (Å²) >= 11 is 0. The monoisotopic (exact) mass is 375 g/mol. The standard InChI is InChI=1S/C14H21N3O.HI/c1-4-10-16-14(15-5-2)17-11-12-6-8-13(18-3)9-7-12;/h4,6-9H,1,5,10-11H2,2-3H3,(H2,15,16,17);1H. The molecule has 0 aromatic heterocycles. The Kier molecular flexibility index (Phi) is 9.97. The molecule has 5 heteroatoms. The number of aliphatic imine (C=N–C) groups is 1. The number of hydrogen-bond acceptors (Lipinski definition) is 2. The van der Waals surface area contributed by atoms with Crippen LogP contribution in [0.25, 0.3) is 0 Å². The van der Waals surface area contributed by atoms with Crippen LogP contribution in [0, 0.1) is 0 Å². The van der Waals surface area contributed by atoms with Crippen LogP contribution in [-0.4, -0.2) is 26.2 Å². The minimum atomic E-state index is 0. The van der Waals surface area contributed by atoms with Gasteiger partial charge in [-0.15, -0.1) is 30.6 Å². The lowest BCUT2D eigenvalue weighted by Gasteiger charge is -2.09. The summed E-state index contributed by atoms with van der Waals surface area (Å²) in [4.78, 5) is 4.48. The predicted molar refractivity (Wildman–Crippen MR) is 91.4 cm³/mol. The van der Waals surface area contributed by atoms with Crippen molar-refractivity contribution in [3.05, 3.63) is 42.5 Å². The molecule has 106 valence electrons. The van der Waals surface area contributed by atoms with Gasteiger partial charge in [0.2, 0.25) is 0 Å². The van der Waals surface area contributed by atoms with Gasteiger partial charge < -0.3 is 15.4 Å². The average molecular weight is 375 g/mol. The zero-order chi connectivity index (χ0) is 13.2. The Morgan fingerprint density at radius 3 is 2.53 bits per heavy atom. The molecule has 19 heavy (non-hydrogen) atoms. The molecule has 1 aromatic carbocycles. The second-order valence-corrected chi connectivity index (χ2v) is 3.71. The van der Waals surface area contributed by atoms with Gasteiger partial charge in [-0.1, -0.05) is 18.2 Å². The first-order valence-electron chi connectivity index (χ1n) is 6.06. The molecule has 0 aliphatic heterocycles. The molecular formula is C14H22IN3O. The number of nitrogens with zero attached hydrogens (tertiary/aromatic N) is 1. The highest BCUT2D eigenvalue weighted by Gasteiger charge is 1.96. The maximum atomic E-state index is 5.11. The summed E-state index contributed by atoms with van der Waals surface area (Å²) in [6.07, 6.45) is 1.81. The summed E-state index contributed by atoms with van der Waals surface area (Å²) in [6, 6.07) is 7.91. The molecule has 0 unspecified atom stereocenters. The van der Waals surface area contributed by atoms with Crippen molar-refractivity contribution in [3.63, 3.8) is 0 Å². The van der Waals surface area contributed by atoms with E-state index in [1.54, 1.807) is 13.2 Å². The molecule has 0 bridgehead atoms. The largest absolute Gasteiger partial charge is 0.497 e. The molecule has 2 N–H and O–H groups in total. The average Bonchev–Trinajstić information content (AvgIpc) is 2.42. The molecule has 1 rings (SSSR count). The van der Waals surface area contributed by atoms with E-state index in [2.05, 4.69) is 22.2 Å². The van der Waals surface area contributed by atoms with Crippen molar-refractivity contribution >= 4 is 29.9 Å². The number of methoxy groups -OCH3 is 1. The zero-order valence-electron chi connectivity index (χ0n) is 11.5. The smallest absolute Gasteiger partial charge is 0.191 e. The van der Waals surface area contributed by atoms with Gasteiger partial charge in [0.05, 0.1) is 13.7 Å². The summed E-state index contributed by atoms with van der Waals surface area (Å²) in [5, 5.41) is 6.34. The van der Waals surface area contributed by atoms with Crippen LogP contribution in [0.15, 0.2) is 41.9 Å². The Balaban J connectivity index is 0.00000324. The molecule has 0 saturated heterocycles. The van der Waals surface area contributed by atoms with Crippen LogP contribution in [0.3, 0.4) is 0 Å². The molecule has 0 radical (unpaired) electrons. The van der Waals surface area contributed by atoms with Crippen molar-refractivity contribution in [2.45, 2.75) is 13.5 Å². The summed E-state index contributed by atoms with van der Waals surface area (Å²) in [5.74, 6) is 1.66.